The number of hydrogen-bond acceptors (Lipinski definition) is 6. The predicted molar refractivity (Wildman–Crippen MR) is 33.1 cm³/mol. The number of carboxylic acid groups (broad SMARTS) is 3. The summed E-state index contributed by atoms with van der Waals surface area (Å²) in [4.78, 5) is 26.0. The van der Waals surface area contributed by atoms with Gasteiger partial charge in [0.1, 0.15) is 18.3 Å². The van der Waals surface area contributed by atoms with Crippen molar-refractivity contribution in [3.63, 3.8) is 0 Å². The molecule has 0 heterocycles. The second-order valence-corrected chi connectivity index (χ2v) is 0.957. The third kappa shape index (κ3) is 146. The molecule has 0 unspecified atom stereocenters. The van der Waals surface area contributed by atoms with Crippen molar-refractivity contribution in [2.75, 3.05) is 0 Å². The van der Waals surface area contributed by atoms with Crippen LogP contribution in [-0.4, -0.2) is 18.3 Å². The van der Waals surface area contributed by atoms with Gasteiger partial charge < -0.3 is 46.9 Å². The van der Waals surface area contributed by atoms with Crippen LogP contribution in [0.5, 0.6) is 0 Å². The van der Waals surface area contributed by atoms with Gasteiger partial charge in [0.25, 0.3) is 0 Å². The summed E-state index contributed by atoms with van der Waals surface area (Å²) < 4.78 is 8.75. The average Bonchev–Trinajstić information content (AvgIpc) is 1.86. The number of halogens is 1. The van der Waals surface area contributed by atoms with E-state index < -0.39 is 18.3 Å². The van der Waals surface area contributed by atoms with Gasteiger partial charge in [-0.2, -0.15) is 0 Å². The van der Waals surface area contributed by atoms with Crippen LogP contribution >= 0.6 is 0 Å². The number of carbonyl (C=O) groups excluding carboxylic acids is 3. The molecule has 3 amide bonds. The van der Waals surface area contributed by atoms with E-state index in [0.717, 1.165) is 0 Å². The zero-order valence-corrected chi connectivity index (χ0v) is 6.56. The molecule has 80 valence electrons. The summed E-state index contributed by atoms with van der Waals surface area (Å²) in [7, 11) is 4.25. The molecule has 0 saturated heterocycles. The van der Waals surface area contributed by atoms with Gasteiger partial charge in [-0.15, -0.1) is 0 Å². The summed E-state index contributed by atoms with van der Waals surface area (Å²) in [5.74, 6) is 0. The second kappa shape index (κ2) is 22.4. The Morgan fingerprint density at radius 2 is 0.786 bits per heavy atom. The monoisotopic (exact) mass is 211 g/mol. The van der Waals surface area contributed by atoms with Crippen LogP contribution in [0.2, 0.25) is 0 Å². The number of amides is 3. The maximum absolute atomic E-state index is 8.75. The van der Waals surface area contributed by atoms with Crippen molar-refractivity contribution in [1.82, 2.24) is 0 Å². The van der Waals surface area contributed by atoms with Crippen LogP contribution in [0, 0.1) is 7.18 Å². The van der Waals surface area contributed by atoms with Crippen LogP contribution in [-0.2, 0) is 0 Å². The molecule has 0 aromatic carbocycles. The number of carbonyl (C=O) groups is 3. The quantitative estimate of drug-likeness (QED) is 0.359. The van der Waals surface area contributed by atoms with E-state index in [9.17, 15) is 0 Å². The molecule has 0 saturated carbocycles. The van der Waals surface area contributed by atoms with Gasteiger partial charge >= 0.3 is 11.6 Å². The Morgan fingerprint density at radius 3 is 0.786 bits per heavy atom. The van der Waals surface area contributed by atoms with Crippen molar-refractivity contribution in [3.05, 3.63) is 7.18 Å². The Balaban J connectivity index is -0.0000000492. The summed E-state index contributed by atoms with van der Waals surface area (Å²) in [5, 5.41) is 26.0. The van der Waals surface area contributed by atoms with Crippen molar-refractivity contribution >= 4 is 18.3 Å². The van der Waals surface area contributed by atoms with Gasteiger partial charge in [-0.05, 0) is 0 Å². The second-order valence-electron chi connectivity index (χ2n) is 0.957. The maximum atomic E-state index is 8.75. The van der Waals surface area contributed by atoms with Gasteiger partial charge in [0.15, 0.2) is 0 Å². The third-order valence-electron chi connectivity index (χ3n) is 0. The predicted octanol–water partition coefficient (Wildman–Crippen LogP) is -4.63. The first-order chi connectivity index (χ1) is 6.20. The van der Waals surface area contributed by atoms with Crippen molar-refractivity contribution < 1.29 is 34.1 Å². The van der Waals surface area contributed by atoms with Crippen LogP contribution < -0.4 is 32.5 Å². The standard InChI is InChI=1S/CF.3CH3NO2/c1-2;3*2-1(3)4/h;3*2H2,(H,3,4)/q+3;;;/p-3. The molecule has 0 atom stereocenters. The van der Waals surface area contributed by atoms with E-state index in [1.54, 1.807) is 0 Å². The fourth-order valence-corrected chi connectivity index (χ4v) is 0. The minimum atomic E-state index is -1.58. The molecule has 0 radical (unpaired) electrons. The number of primary amides is 3. The van der Waals surface area contributed by atoms with E-state index in [1.807, 2.05) is 0 Å². The summed E-state index contributed by atoms with van der Waals surface area (Å²) in [6.45, 7) is 0. The van der Waals surface area contributed by atoms with Gasteiger partial charge in [0.05, 0.1) is 0 Å². The first-order valence-corrected chi connectivity index (χ1v) is 2.28. The molecule has 0 aromatic heterocycles. The Labute approximate surface area is 77.9 Å². The van der Waals surface area contributed by atoms with Crippen LogP contribution in [0.15, 0.2) is 0 Å². The molecule has 9 nitrogen and oxygen atoms in total. The number of hydrogen-bond donors (Lipinski definition) is 3. The molecular weight excluding hydrogens is 205 g/mol. The minimum absolute atomic E-state index is 1.58. The zero-order valence-electron chi connectivity index (χ0n) is 6.56. The normalized spacial score (nSPS) is 5.64. The summed E-state index contributed by atoms with van der Waals surface area (Å²) >= 11 is 0. The van der Waals surface area contributed by atoms with Crippen LogP contribution in [0.4, 0.5) is 18.8 Å². The van der Waals surface area contributed by atoms with Gasteiger partial charge in [-0.25, -0.2) is 0 Å². The fraction of sp³-hybridized carbons (Fsp3) is 0. The molecule has 0 aliphatic rings. The molecular formula is C4H6FN3O6. The number of rotatable bonds is 0. The van der Waals surface area contributed by atoms with E-state index in [2.05, 4.69) is 24.4 Å². The third-order valence-corrected chi connectivity index (χ3v) is 0. The van der Waals surface area contributed by atoms with Crippen LogP contribution in [0.1, 0.15) is 0 Å². The number of nitrogens with two attached hydrogens (primary N) is 3. The molecule has 14 heavy (non-hydrogen) atoms. The fourth-order valence-electron chi connectivity index (χ4n) is 0. The van der Waals surface area contributed by atoms with E-state index in [4.69, 9.17) is 34.1 Å². The summed E-state index contributed by atoms with van der Waals surface area (Å²) in [6.07, 6.45) is -4.75. The Morgan fingerprint density at radius 1 is 0.786 bits per heavy atom. The van der Waals surface area contributed by atoms with Crippen LogP contribution in [0.25, 0.3) is 0 Å². The molecule has 0 aliphatic carbocycles. The van der Waals surface area contributed by atoms with E-state index in [-0.39, 0.29) is 0 Å². The van der Waals surface area contributed by atoms with Gasteiger partial charge in [-0.1, -0.05) is 0 Å². The van der Waals surface area contributed by atoms with Crippen molar-refractivity contribution in [2.24, 2.45) is 17.2 Å². The van der Waals surface area contributed by atoms with E-state index >= 15 is 0 Å². The summed E-state index contributed by atoms with van der Waals surface area (Å²) in [6, 6.07) is 0. The van der Waals surface area contributed by atoms with Gasteiger partial charge in [0.2, 0.25) is 0 Å². The van der Waals surface area contributed by atoms with Gasteiger partial charge in [0, 0.05) is 0 Å². The average molecular weight is 211 g/mol. The molecule has 0 rings (SSSR count). The molecule has 10 heteroatoms. The van der Waals surface area contributed by atoms with E-state index in [0.29, 0.717) is 0 Å². The van der Waals surface area contributed by atoms with Crippen molar-refractivity contribution in [3.8, 4) is 0 Å². The van der Waals surface area contributed by atoms with Crippen molar-refractivity contribution in [2.45, 2.75) is 0 Å². The molecule has 0 aromatic rings. The Bertz CT molecular complexity index is 123. The Kier molecular flexibility index (Phi) is 36.2. The first kappa shape index (κ1) is 22.6. The first-order valence-electron chi connectivity index (χ1n) is 2.28. The SMILES string of the molecule is NC(=O)[O-].NC(=O)[O-].NC(=O)[O-].[C+3]F. The zero-order chi connectivity index (χ0) is 12.7. The molecule has 0 spiro atoms. The van der Waals surface area contributed by atoms with Crippen molar-refractivity contribution in [1.29, 1.82) is 0 Å². The van der Waals surface area contributed by atoms with E-state index in [1.165, 1.54) is 0 Å². The van der Waals surface area contributed by atoms with Crippen LogP contribution in [0.3, 0.4) is 0 Å². The Hall–Kier alpha value is -2.26. The molecule has 0 fully saturated rings. The van der Waals surface area contributed by atoms with Gasteiger partial charge in [-0.3, -0.25) is 0 Å². The topological polar surface area (TPSA) is 198 Å². The molecule has 6 N–H and O–H groups in total. The molecule has 0 aliphatic heterocycles. The molecule has 0 bridgehead atoms. The summed E-state index contributed by atoms with van der Waals surface area (Å²) in [5.41, 5.74) is 11.8.